The van der Waals surface area contributed by atoms with Crippen molar-refractivity contribution in [2.45, 2.75) is 32.9 Å². The van der Waals surface area contributed by atoms with Crippen molar-refractivity contribution in [1.29, 1.82) is 0 Å². The van der Waals surface area contributed by atoms with Gasteiger partial charge in [-0.2, -0.15) is 0 Å². The first kappa shape index (κ1) is 17.7. The van der Waals surface area contributed by atoms with Gasteiger partial charge in [-0.25, -0.2) is 0 Å². The van der Waals surface area contributed by atoms with E-state index in [0.29, 0.717) is 12.3 Å². The molecule has 0 heterocycles. The normalized spacial score (nSPS) is 10.5. The first-order valence-corrected chi connectivity index (χ1v) is 8.05. The summed E-state index contributed by atoms with van der Waals surface area (Å²) in [5, 5.41) is 3.36. The molecule has 0 aliphatic heterocycles. The van der Waals surface area contributed by atoms with Crippen LogP contribution >= 0.6 is 0 Å². The fourth-order valence-corrected chi connectivity index (χ4v) is 2.21. The summed E-state index contributed by atoms with van der Waals surface area (Å²) in [5.74, 6) is 1.19. The molecule has 0 radical (unpaired) electrons. The van der Waals surface area contributed by atoms with Gasteiger partial charge in [-0.05, 0) is 32.0 Å². The van der Waals surface area contributed by atoms with Gasteiger partial charge in [0.05, 0.1) is 24.8 Å². The molecular weight excluding hydrogens is 304 g/mol. The molecule has 2 rings (SSSR count). The van der Waals surface area contributed by atoms with Crippen molar-refractivity contribution >= 4 is 11.6 Å². The third-order valence-corrected chi connectivity index (χ3v) is 3.30. The zero-order valence-corrected chi connectivity index (χ0v) is 14.1. The van der Waals surface area contributed by atoms with Crippen LogP contribution in [0.5, 0.6) is 11.5 Å². The Morgan fingerprint density at radius 1 is 1.08 bits per heavy atom. The first-order chi connectivity index (χ1) is 11.6. The SMILES string of the molecule is CC(C)Oc1ccccc1CNc1ccccc1OCCC(N)=O. The molecule has 5 heteroatoms. The lowest BCUT2D eigenvalue weighted by atomic mass is 10.2. The summed E-state index contributed by atoms with van der Waals surface area (Å²) in [6.45, 7) is 4.89. The van der Waals surface area contributed by atoms with Crippen LogP contribution in [0.3, 0.4) is 0 Å². The van der Waals surface area contributed by atoms with Crippen LogP contribution in [0.2, 0.25) is 0 Å². The fraction of sp³-hybridized carbons (Fsp3) is 0.316. The molecule has 0 bridgehead atoms. The van der Waals surface area contributed by atoms with Gasteiger partial charge in [0, 0.05) is 12.1 Å². The number of benzene rings is 2. The van der Waals surface area contributed by atoms with Crippen molar-refractivity contribution in [3.63, 3.8) is 0 Å². The summed E-state index contributed by atoms with van der Waals surface area (Å²) in [5.41, 5.74) is 7.07. The van der Waals surface area contributed by atoms with E-state index in [0.717, 1.165) is 17.0 Å². The molecular formula is C19H24N2O3. The molecule has 0 aliphatic rings. The van der Waals surface area contributed by atoms with Gasteiger partial charge in [-0.1, -0.05) is 30.3 Å². The predicted molar refractivity (Wildman–Crippen MR) is 95.3 cm³/mol. The van der Waals surface area contributed by atoms with Crippen molar-refractivity contribution in [3.8, 4) is 11.5 Å². The highest BCUT2D eigenvalue weighted by atomic mass is 16.5. The molecule has 0 saturated carbocycles. The third-order valence-electron chi connectivity index (χ3n) is 3.30. The van der Waals surface area contributed by atoms with Crippen LogP contribution in [0.1, 0.15) is 25.8 Å². The Hall–Kier alpha value is -2.69. The van der Waals surface area contributed by atoms with E-state index in [1.54, 1.807) is 0 Å². The van der Waals surface area contributed by atoms with Crippen molar-refractivity contribution in [1.82, 2.24) is 0 Å². The van der Waals surface area contributed by atoms with Crippen molar-refractivity contribution in [3.05, 3.63) is 54.1 Å². The highest BCUT2D eigenvalue weighted by molar-refractivity contribution is 5.73. The lowest BCUT2D eigenvalue weighted by Gasteiger charge is -2.16. The minimum absolute atomic E-state index is 0.121. The van der Waals surface area contributed by atoms with Gasteiger partial charge in [0.1, 0.15) is 11.5 Å². The van der Waals surface area contributed by atoms with E-state index in [1.807, 2.05) is 62.4 Å². The molecule has 128 valence electrons. The van der Waals surface area contributed by atoms with Crippen LogP contribution in [0.4, 0.5) is 5.69 Å². The summed E-state index contributed by atoms with van der Waals surface area (Å²) < 4.78 is 11.5. The van der Waals surface area contributed by atoms with Crippen molar-refractivity contribution in [2.75, 3.05) is 11.9 Å². The predicted octanol–water partition coefficient (Wildman–Crippen LogP) is 3.34. The number of anilines is 1. The van der Waals surface area contributed by atoms with Gasteiger partial charge < -0.3 is 20.5 Å². The quantitative estimate of drug-likeness (QED) is 0.740. The number of nitrogens with one attached hydrogen (secondary N) is 1. The Morgan fingerprint density at radius 2 is 1.75 bits per heavy atom. The zero-order chi connectivity index (χ0) is 17.4. The smallest absolute Gasteiger partial charge is 0.220 e. The highest BCUT2D eigenvalue weighted by Gasteiger charge is 2.07. The molecule has 0 atom stereocenters. The minimum Gasteiger partial charge on any atom is -0.491 e. The largest absolute Gasteiger partial charge is 0.491 e. The molecule has 0 saturated heterocycles. The highest BCUT2D eigenvalue weighted by Crippen LogP contribution is 2.26. The number of nitrogens with two attached hydrogens (primary N) is 1. The summed E-state index contributed by atoms with van der Waals surface area (Å²) in [4.78, 5) is 10.8. The molecule has 1 amide bonds. The van der Waals surface area contributed by atoms with Gasteiger partial charge in [0.25, 0.3) is 0 Å². The molecule has 0 aromatic heterocycles. The Bertz CT molecular complexity index is 671. The number of para-hydroxylation sites is 3. The number of hydrogen-bond donors (Lipinski definition) is 2. The number of hydrogen-bond acceptors (Lipinski definition) is 4. The maximum absolute atomic E-state index is 10.8. The third kappa shape index (κ3) is 5.50. The van der Waals surface area contributed by atoms with Gasteiger partial charge in [0.15, 0.2) is 0 Å². The summed E-state index contributed by atoms with van der Waals surface area (Å²) >= 11 is 0. The Labute approximate surface area is 142 Å². The van der Waals surface area contributed by atoms with E-state index in [4.69, 9.17) is 15.2 Å². The van der Waals surface area contributed by atoms with E-state index >= 15 is 0 Å². The van der Waals surface area contributed by atoms with Gasteiger partial charge in [-0.15, -0.1) is 0 Å². The standard InChI is InChI=1S/C19H24N2O3/c1-14(2)24-17-9-5-3-7-15(17)13-21-16-8-4-6-10-18(16)23-12-11-19(20)22/h3-10,14,21H,11-13H2,1-2H3,(H2,20,22). The number of primary amides is 1. The lowest BCUT2D eigenvalue weighted by Crippen LogP contribution is -2.15. The molecule has 0 fully saturated rings. The molecule has 2 aromatic carbocycles. The van der Waals surface area contributed by atoms with Gasteiger partial charge in [-0.3, -0.25) is 4.79 Å². The van der Waals surface area contributed by atoms with E-state index in [-0.39, 0.29) is 25.0 Å². The van der Waals surface area contributed by atoms with Crippen LogP contribution in [0, 0.1) is 0 Å². The lowest BCUT2D eigenvalue weighted by molar-refractivity contribution is -0.118. The Morgan fingerprint density at radius 3 is 2.46 bits per heavy atom. The second-order valence-corrected chi connectivity index (χ2v) is 5.69. The zero-order valence-electron chi connectivity index (χ0n) is 14.1. The van der Waals surface area contributed by atoms with Crippen LogP contribution in [0.25, 0.3) is 0 Å². The van der Waals surface area contributed by atoms with E-state index in [9.17, 15) is 4.79 Å². The van der Waals surface area contributed by atoms with Gasteiger partial charge in [0.2, 0.25) is 5.91 Å². The molecule has 2 aromatic rings. The van der Waals surface area contributed by atoms with Crippen LogP contribution in [-0.4, -0.2) is 18.6 Å². The van der Waals surface area contributed by atoms with Crippen molar-refractivity contribution < 1.29 is 14.3 Å². The average Bonchev–Trinajstić information content (AvgIpc) is 2.54. The minimum atomic E-state index is -0.375. The Kier molecular flexibility index (Phi) is 6.49. The molecule has 24 heavy (non-hydrogen) atoms. The number of ether oxygens (including phenoxy) is 2. The van der Waals surface area contributed by atoms with Crippen LogP contribution in [0.15, 0.2) is 48.5 Å². The van der Waals surface area contributed by atoms with Crippen LogP contribution in [-0.2, 0) is 11.3 Å². The first-order valence-electron chi connectivity index (χ1n) is 8.05. The monoisotopic (exact) mass is 328 g/mol. The average molecular weight is 328 g/mol. The Balaban J connectivity index is 2.03. The number of rotatable bonds is 9. The fourth-order valence-electron chi connectivity index (χ4n) is 2.21. The topological polar surface area (TPSA) is 73.6 Å². The number of amides is 1. The molecule has 3 N–H and O–H groups in total. The summed E-state index contributed by atoms with van der Waals surface area (Å²) in [6.07, 6.45) is 0.315. The molecule has 0 aliphatic carbocycles. The summed E-state index contributed by atoms with van der Waals surface area (Å²) in [6, 6.07) is 15.6. The van der Waals surface area contributed by atoms with Crippen molar-refractivity contribution in [2.24, 2.45) is 5.73 Å². The summed E-state index contributed by atoms with van der Waals surface area (Å²) in [7, 11) is 0. The molecule has 5 nitrogen and oxygen atoms in total. The van der Waals surface area contributed by atoms with E-state index in [2.05, 4.69) is 5.32 Å². The maximum Gasteiger partial charge on any atom is 0.220 e. The van der Waals surface area contributed by atoms with E-state index < -0.39 is 0 Å². The number of carbonyl (C=O) groups is 1. The maximum atomic E-state index is 10.8. The second-order valence-electron chi connectivity index (χ2n) is 5.69. The van der Waals surface area contributed by atoms with E-state index in [1.165, 1.54) is 0 Å². The molecule has 0 unspecified atom stereocenters. The second kappa shape index (κ2) is 8.82. The molecule has 0 spiro atoms. The number of carbonyl (C=O) groups excluding carboxylic acids is 1. The van der Waals surface area contributed by atoms with Gasteiger partial charge >= 0.3 is 0 Å². The van der Waals surface area contributed by atoms with Crippen LogP contribution < -0.4 is 20.5 Å².